The second-order valence-corrected chi connectivity index (χ2v) is 7.00. The van der Waals surface area contributed by atoms with Gasteiger partial charge in [0.05, 0.1) is 31.1 Å². The first-order chi connectivity index (χ1) is 14.0. The van der Waals surface area contributed by atoms with Crippen molar-refractivity contribution >= 4 is 11.7 Å². The molecule has 2 atom stereocenters. The molecule has 1 aromatic heterocycles. The number of methoxy groups -OCH3 is 1. The number of aliphatic hydroxyl groups excluding tert-OH is 1. The lowest BCUT2D eigenvalue weighted by Gasteiger charge is -2.29. The average molecular weight is 399 g/mol. The van der Waals surface area contributed by atoms with E-state index < -0.39 is 23.5 Å². The molecule has 2 aromatic rings. The molecular formula is C21H21NO7. The van der Waals surface area contributed by atoms with Crippen LogP contribution in [0.3, 0.4) is 0 Å². The number of phenolic OH excluding ortho intramolecular Hbond substituents is 1. The largest absolute Gasteiger partial charge is 0.504 e. The van der Waals surface area contributed by atoms with E-state index in [1.54, 1.807) is 18.2 Å². The van der Waals surface area contributed by atoms with Gasteiger partial charge < -0.3 is 29.0 Å². The number of Topliss-reactive ketones (excluding diaryl/α,β-unsaturated/α-hetero) is 1. The Kier molecular flexibility index (Phi) is 5.02. The predicted molar refractivity (Wildman–Crippen MR) is 101 cm³/mol. The summed E-state index contributed by atoms with van der Waals surface area (Å²) in [6.07, 6.45) is 2.86. The van der Waals surface area contributed by atoms with E-state index in [-0.39, 0.29) is 35.5 Å². The number of phenols is 1. The van der Waals surface area contributed by atoms with Gasteiger partial charge in [-0.2, -0.15) is 0 Å². The van der Waals surface area contributed by atoms with Crippen molar-refractivity contribution in [2.45, 2.75) is 25.0 Å². The highest BCUT2D eigenvalue weighted by atomic mass is 16.5. The lowest BCUT2D eigenvalue weighted by atomic mass is 9.94. The molecule has 0 unspecified atom stereocenters. The highest BCUT2D eigenvalue weighted by Gasteiger charge is 2.45. The molecule has 8 nitrogen and oxygen atoms in total. The molecule has 1 fully saturated rings. The smallest absolute Gasteiger partial charge is 0.290 e. The van der Waals surface area contributed by atoms with Crippen LogP contribution in [0.2, 0.25) is 0 Å². The summed E-state index contributed by atoms with van der Waals surface area (Å²) in [4.78, 5) is 27.4. The SMILES string of the molecule is COc1cc([C@H]2C(C(=O)c3ccco3)=C(O)C(=O)N2C[C@H]2CCCO2)ccc1O. The zero-order valence-corrected chi connectivity index (χ0v) is 15.8. The first-order valence-electron chi connectivity index (χ1n) is 9.32. The van der Waals surface area contributed by atoms with E-state index in [1.807, 2.05) is 0 Å². The summed E-state index contributed by atoms with van der Waals surface area (Å²) < 4.78 is 16.0. The first kappa shape index (κ1) is 19.1. The van der Waals surface area contributed by atoms with Crippen molar-refractivity contribution in [2.75, 3.05) is 20.3 Å². The number of furan rings is 1. The van der Waals surface area contributed by atoms with Crippen LogP contribution < -0.4 is 4.74 Å². The van der Waals surface area contributed by atoms with Crippen LogP contribution in [0.25, 0.3) is 0 Å². The number of aliphatic hydroxyl groups is 1. The number of benzene rings is 1. The summed E-state index contributed by atoms with van der Waals surface area (Å²) in [6, 6.07) is 6.73. The lowest BCUT2D eigenvalue weighted by Crippen LogP contribution is -2.37. The third-order valence-electron chi connectivity index (χ3n) is 5.24. The molecule has 0 saturated carbocycles. The van der Waals surface area contributed by atoms with E-state index in [9.17, 15) is 19.8 Å². The van der Waals surface area contributed by atoms with Crippen molar-refractivity contribution in [1.82, 2.24) is 4.90 Å². The normalized spacial score (nSPS) is 21.8. The number of carbonyl (C=O) groups is 2. The Bertz CT molecular complexity index is 957. The van der Waals surface area contributed by atoms with E-state index in [0.29, 0.717) is 12.2 Å². The van der Waals surface area contributed by atoms with Gasteiger partial charge in [0.2, 0.25) is 5.78 Å². The monoisotopic (exact) mass is 399 g/mol. The van der Waals surface area contributed by atoms with Crippen LogP contribution in [-0.2, 0) is 9.53 Å². The molecule has 0 spiro atoms. The molecule has 2 aliphatic rings. The van der Waals surface area contributed by atoms with Gasteiger partial charge >= 0.3 is 0 Å². The number of hydrogen-bond acceptors (Lipinski definition) is 7. The number of rotatable bonds is 6. The standard InChI is InChI=1S/C21H21NO7/c1-27-16-10-12(6-7-14(16)23)18-17(19(24)15-5-3-9-29-15)20(25)21(26)22(18)11-13-4-2-8-28-13/h3,5-7,9-10,13,18,23,25H,2,4,8,11H2,1H3/t13-,18+/m1/s1. The second-order valence-electron chi connectivity index (χ2n) is 7.00. The van der Waals surface area contributed by atoms with Gasteiger partial charge in [0.1, 0.15) is 0 Å². The number of hydrogen-bond donors (Lipinski definition) is 2. The van der Waals surface area contributed by atoms with Gasteiger partial charge in [-0.3, -0.25) is 9.59 Å². The molecule has 0 aliphatic carbocycles. The molecule has 8 heteroatoms. The topological polar surface area (TPSA) is 109 Å². The van der Waals surface area contributed by atoms with E-state index in [0.717, 1.165) is 12.8 Å². The quantitative estimate of drug-likeness (QED) is 0.719. The Morgan fingerprint density at radius 3 is 2.79 bits per heavy atom. The first-order valence-corrected chi connectivity index (χ1v) is 9.32. The maximum absolute atomic E-state index is 13.0. The Morgan fingerprint density at radius 1 is 1.31 bits per heavy atom. The third-order valence-corrected chi connectivity index (χ3v) is 5.24. The summed E-state index contributed by atoms with van der Waals surface area (Å²) in [5, 5.41) is 20.5. The van der Waals surface area contributed by atoms with E-state index in [2.05, 4.69) is 0 Å². The average Bonchev–Trinajstić information content (AvgIpc) is 3.47. The summed E-state index contributed by atoms with van der Waals surface area (Å²) in [5.41, 5.74) is 0.445. The zero-order chi connectivity index (χ0) is 20.5. The van der Waals surface area contributed by atoms with Gasteiger partial charge in [-0.05, 0) is 42.7 Å². The van der Waals surface area contributed by atoms with Crippen LogP contribution in [0.4, 0.5) is 0 Å². The van der Waals surface area contributed by atoms with Gasteiger partial charge in [-0.1, -0.05) is 6.07 Å². The number of amides is 1. The minimum Gasteiger partial charge on any atom is -0.504 e. The molecule has 1 saturated heterocycles. The van der Waals surface area contributed by atoms with Gasteiger partial charge in [0.25, 0.3) is 5.91 Å². The molecule has 3 heterocycles. The highest BCUT2D eigenvalue weighted by Crippen LogP contribution is 2.42. The van der Waals surface area contributed by atoms with Gasteiger partial charge in [-0.15, -0.1) is 0 Å². The minimum absolute atomic E-state index is 0.0223. The summed E-state index contributed by atoms with van der Waals surface area (Å²) in [6.45, 7) is 0.841. The summed E-state index contributed by atoms with van der Waals surface area (Å²) in [7, 11) is 1.41. The number of ether oxygens (including phenoxy) is 2. The summed E-state index contributed by atoms with van der Waals surface area (Å²) in [5.74, 6) is -1.68. The van der Waals surface area contributed by atoms with Gasteiger partial charge in [-0.25, -0.2) is 0 Å². The van der Waals surface area contributed by atoms with Crippen molar-refractivity contribution < 1.29 is 33.7 Å². The Hall–Kier alpha value is -3.26. The van der Waals surface area contributed by atoms with Crippen molar-refractivity contribution in [3.8, 4) is 11.5 Å². The molecule has 0 bridgehead atoms. The fourth-order valence-corrected chi connectivity index (χ4v) is 3.83. The number of carbonyl (C=O) groups excluding carboxylic acids is 2. The fraction of sp³-hybridized carbons (Fsp3) is 0.333. The van der Waals surface area contributed by atoms with Gasteiger partial charge in [0, 0.05) is 13.2 Å². The maximum atomic E-state index is 13.0. The third kappa shape index (κ3) is 3.36. The molecule has 1 amide bonds. The Labute approximate surface area is 166 Å². The van der Waals surface area contributed by atoms with Crippen LogP contribution >= 0.6 is 0 Å². The van der Waals surface area contributed by atoms with Gasteiger partial charge in [0.15, 0.2) is 23.0 Å². The van der Waals surface area contributed by atoms with Crippen LogP contribution in [-0.4, -0.2) is 53.2 Å². The van der Waals surface area contributed by atoms with Crippen molar-refractivity contribution in [1.29, 1.82) is 0 Å². The van der Waals surface area contributed by atoms with E-state index in [1.165, 1.54) is 30.4 Å². The Morgan fingerprint density at radius 2 is 2.14 bits per heavy atom. The minimum atomic E-state index is -0.862. The molecule has 1 aromatic carbocycles. The maximum Gasteiger partial charge on any atom is 0.290 e. The fourth-order valence-electron chi connectivity index (χ4n) is 3.83. The van der Waals surface area contributed by atoms with E-state index in [4.69, 9.17) is 13.9 Å². The lowest BCUT2D eigenvalue weighted by molar-refractivity contribution is -0.131. The number of ketones is 1. The van der Waals surface area contributed by atoms with Crippen LogP contribution in [0.15, 0.2) is 52.3 Å². The van der Waals surface area contributed by atoms with Crippen LogP contribution in [0.5, 0.6) is 11.5 Å². The van der Waals surface area contributed by atoms with Crippen LogP contribution in [0, 0.1) is 0 Å². The predicted octanol–water partition coefficient (Wildman–Crippen LogP) is 2.75. The van der Waals surface area contributed by atoms with Crippen molar-refractivity contribution in [3.05, 3.63) is 59.3 Å². The molecule has 0 radical (unpaired) electrons. The Balaban J connectivity index is 1.78. The molecule has 29 heavy (non-hydrogen) atoms. The molecule has 2 aliphatic heterocycles. The van der Waals surface area contributed by atoms with Crippen molar-refractivity contribution in [2.24, 2.45) is 0 Å². The zero-order valence-electron chi connectivity index (χ0n) is 15.8. The number of nitrogens with zero attached hydrogens (tertiary/aromatic N) is 1. The van der Waals surface area contributed by atoms with E-state index >= 15 is 0 Å². The van der Waals surface area contributed by atoms with Crippen LogP contribution in [0.1, 0.15) is 35.0 Å². The second kappa shape index (κ2) is 7.63. The van der Waals surface area contributed by atoms with Crippen molar-refractivity contribution in [3.63, 3.8) is 0 Å². The molecule has 152 valence electrons. The number of aromatic hydroxyl groups is 1. The molecule has 4 rings (SSSR count). The molecule has 2 N–H and O–H groups in total. The summed E-state index contributed by atoms with van der Waals surface area (Å²) >= 11 is 0. The molecular weight excluding hydrogens is 378 g/mol. The highest BCUT2D eigenvalue weighted by molar-refractivity contribution is 6.15.